The lowest BCUT2D eigenvalue weighted by Crippen LogP contribution is -2.34. The number of hydrogen-bond donors (Lipinski definition) is 0. The number of rotatable bonds is 6. The van der Waals surface area contributed by atoms with Gasteiger partial charge in [0.15, 0.2) is 5.82 Å². The Kier molecular flexibility index (Phi) is 5.53. The standard InChI is InChI=1S/C24H26N6O3/c1-16-19-13-21(31)30(14-17-6-3-7-18(12-17)33-2)24(19)27-23(26-16)20-8-4-11-29(20)22(32)15-28-10-5-9-25-28/h3,5-7,9-10,12,20H,4,8,11,13-15H2,1-2H3/t20-/m1/s1. The molecule has 4 heterocycles. The molecule has 0 saturated carbocycles. The van der Waals surface area contributed by atoms with E-state index in [1.807, 2.05) is 36.1 Å². The van der Waals surface area contributed by atoms with Gasteiger partial charge in [0.2, 0.25) is 11.8 Å². The van der Waals surface area contributed by atoms with Crippen LogP contribution in [0.2, 0.25) is 0 Å². The Morgan fingerprint density at radius 1 is 1.24 bits per heavy atom. The summed E-state index contributed by atoms with van der Waals surface area (Å²) in [5, 5.41) is 4.14. The highest BCUT2D eigenvalue weighted by molar-refractivity contribution is 6.00. The van der Waals surface area contributed by atoms with Crippen molar-refractivity contribution in [3.63, 3.8) is 0 Å². The maximum Gasteiger partial charge on any atom is 0.244 e. The minimum atomic E-state index is -0.202. The Morgan fingerprint density at radius 2 is 2.12 bits per heavy atom. The first kappa shape index (κ1) is 21.1. The molecule has 5 rings (SSSR count). The van der Waals surface area contributed by atoms with E-state index >= 15 is 0 Å². The molecule has 2 aromatic heterocycles. The molecule has 9 heteroatoms. The first-order valence-electron chi connectivity index (χ1n) is 11.1. The van der Waals surface area contributed by atoms with Gasteiger partial charge in [-0.05, 0) is 43.5 Å². The van der Waals surface area contributed by atoms with Gasteiger partial charge in [-0.3, -0.25) is 19.2 Å². The summed E-state index contributed by atoms with van der Waals surface area (Å²) in [5.74, 6) is 1.99. The summed E-state index contributed by atoms with van der Waals surface area (Å²) in [4.78, 5) is 39.0. The quantitative estimate of drug-likeness (QED) is 0.577. The highest BCUT2D eigenvalue weighted by Gasteiger charge is 2.36. The van der Waals surface area contributed by atoms with Crippen LogP contribution in [0, 0.1) is 6.92 Å². The number of hydrogen-bond acceptors (Lipinski definition) is 6. The van der Waals surface area contributed by atoms with E-state index in [0.717, 1.165) is 35.4 Å². The fourth-order valence-corrected chi connectivity index (χ4v) is 4.62. The zero-order valence-corrected chi connectivity index (χ0v) is 18.8. The van der Waals surface area contributed by atoms with Crippen molar-refractivity contribution in [2.45, 2.75) is 45.3 Å². The molecule has 0 spiro atoms. The predicted molar refractivity (Wildman–Crippen MR) is 121 cm³/mol. The zero-order chi connectivity index (χ0) is 22.9. The van der Waals surface area contributed by atoms with Gasteiger partial charge in [-0.25, -0.2) is 9.97 Å². The molecule has 0 aliphatic carbocycles. The second-order valence-electron chi connectivity index (χ2n) is 8.43. The van der Waals surface area contributed by atoms with Crippen LogP contribution in [0.1, 0.15) is 41.5 Å². The molecule has 1 saturated heterocycles. The maximum absolute atomic E-state index is 13.0. The van der Waals surface area contributed by atoms with Gasteiger partial charge in [0, 0.05) is 30.2 Å². The van der Waals surface area contributed by atoms with Crippen molar-refractivity contribution >= 4 is 17.6 Å². The lowest BCUT2D eigenvalue weighted by atomic mass is 10.1. The van der Waals surface area contributed by atoms with Crippen molar-refractivity contribution < 1.29 is 14.3 Å². The molecule has 1 fully saturated rings. The average molecular weight is 447 g/mol. The van der Waals surface area contributed by atoms with Gasteiger partial charge in [0.05, 0.1) is 26.1 Å². The Bertz CT molecular complexity index is 1190. The van der Waals surface area contributed by atoms with Crippen molar-refractivity contribution in [3.8, 4) is 5.75 Å². The highest BCUT2D eigenvalue weighted by atomic mass is 16.5. The lowest BCUT2D eigenvalue weighted by Gasteiger charge is -2.25. The molecule has 1 aromatic carbocycles. The SMILES string of the molecule is COc1cccc(CN2C(=O)Cc3c(C)nc([C@H]4CCCN4C(=O)Cn4cccn4)nc32)c1. The van der Waals surface area contributed by atoms with E-state index in [1.165, 1.54) is 0 Å². The number of carbonyl (C=O) groups excluding carboxylic acids is 2. The van der Waals surface area contributed by atoms with Crippen LogP contribution in [-0.2, 0) is 29.1 Å². The highest BCUT2D eigenvalue weighted by Crippen LogP contribution is 2.35. The van der Waals surface area contributed by atoms with E-state index in [-0.39, 0.29) is 30.8 Å². The summed E-state index contributed by atoms with van der Waals surface area (Å²) in [6, 6.07) is 9.28. The van der Waals surface area contributed by atoms with E-state index in [9.17, 15) is 9.59 Å². The molecule has 0 bridgehead atoms. The number of nitrogens with zero attached hydrogens (tertiary/aromatic N) is 6. The molecule has 1 atom stereocenters. The number of ether oxygens (including phenoxy) is 1. The molecular weight excluding hydrogens is 420 g/mol. The molecule has 170 valence electrons. The summed E-state index contributed by atoms with van der Waals surface area (Å²) >= 11 is 0. The molecular formula is C24H26N6O3. The minimum Gasteiger partial charge on any atom is -0.497 e. The van der Waals surface area contributed by atoms with Crippen LogP contribution in [0.3, 0.4) is 0 Å². The Hall–Kier alpha value is -3.75. The molecule has 0 radical (unpaired) electrons. The van der Waals surface area contributed by atoms with Crippen molar-refractivity contribution in [3.05, 3.63) is 65.4 Å². The van der Waals surface area contributed by atoms with Crippen molar-refractivity contribution in [2.75, 3.05) is 18.6 Å². The molecule has 3 aromatic rings. The molecule has 0 unspecified atom stereocenters. The fraction of sp³-hybridized carbons (Fsp3) is 0.375. The van der Waals surface area contributed by atoms with Gasteiger partial charge < -0.3 is 9.64 Å². The van der Waals surface area contributed by atoms with E-state index in [1.54, 1.807) is 35.2 Å². The monoisotopic (exact) mass is 446 g/mol. The summed E-state index contributed by atoms with van der Waals surface area (Å²) in [7, 11) is 1.62. The van der Waals surface area contributed by atoms with Crippen molar-refractivity contribution in [2.24, 2.45) is 0 Å². The number of benzene rings is 1. The van der Waals surface area contributed by atoms with Gasteiger partial charge in [-0.15, -0.1) is 0 Å². The van der Waals surface area contributed by atoms with Crippen LogP contribution in [0.5, 0.6) is 5.75 Å². The third-order valence-electron chi connectivity index (χ3n) is 6.30. The topological polar surface area (TPSA) is 93.5 Å². The van der Waals surface area contributed by atoms with Crippen molar-refractivity contribution in [1.82, 2.24) is 24.6 Å². The second-order valence-corrected chi connectivity index (χ2v) is 8.43. The molecule has 33 heavy (non-hydrogen) atoms. The summed E-state index contributed by atoms with van der Waals surface area (Å²) in [5.41, 5.74) is 2.62. The van der Waals surface area contributed by atoms with Crippen LogP contribution >= 0.6 is 0 Å². The smallest absolute Gasteiger partial charge is 0.244 e. The summed E-state index contributed by atoms with van der Waals surface area (Å²) in [6.07, 6.45) is 5.42. The maximum atomic E-state index is 13.0. The summed E-state index contributed by atoms with van der Waals surface area (Å²) in [6.45, 7) is 3.17. The van der Waals surface area contributed by atoms with Crippen LogP contribution in [0.25, 0.3) is 0 Å². The van der Waals surface area contributed by atoms with E-state index in [4.69, 9.17) is 14.7 Å². The Labute approximate surface area is 192 Å². The van der Waals surface area contributed by atoms with Gasteiger partial charge >= 0.3 is 0 Å². The number of fused-ring (bicyclic) bond motifs is 1. The Balaban J connectivity index is 1.43. The van der Waals surface area contributed by atoms with Crippen LogP contribution in [0.15, 0.2) is 42.7 Å². The van der Waals surface area contributed by atoms with Gasteiger partial charge in [0.25, 0.3) is 0 Å². The lowest BCUT2D eigenvalue weighted by molar-refractivity contribution is -0.133. The largest absolute Gasteiger partial charge is 0.497 e. The summed E-state index contributed by atoms with van der Waals surface area (Å²) < 4.78 is 6.95. The van der Waals surface area contributed by atoms with Crippen LogP contribution < -0.4 is 9.64 Å². The Morgan fingerprint density at radius 3 is 2.91 bits per heavy atom. The molecule has 2 aliphatic rings. The number of methoxy groups -OCH3 is 1. The zero-order valence-electron chi connectivity index (χ0n) is 18.8. The van der Waals surface area contributed by atoms with Gasteiger partial charge in [-0.1, -0.05) is 12.1 Å². The van der Waals surface area contributed by atoms with Crippen molar-refractivity contribution in [1.29, 1.82) is 0 Å². The predicted octanol–water partition coefficient (Wildman–Crippen LogP) is 2.44. The van der Waals surface area contributed by atoms with Crippen LogP contribution in [-0.4, -0.2) is 50.1 Å². The average Bonchev–Trinajstić information content (AvgIpc) is 3.56. The minimum absolute atomic E-state index is 0.000376. The molecule has 0 N–H and O–H groups in total. The first-order chi connectivity index (χ1) is 16.0. The normalized spacial score (nSPS) is 17.5. The fourth-order valence-electron chi connectivity index (χ4n) is 4.62. The number of likely N-dealkylation sites (tertiary alicyclic amines) is 1. The third-order valence-corrected chi connectivity index (χ3v) is 6.30. The first-order valence-corrected chi connectivity index (χ1v) is 11.1. The number of aromatic nitrogens is 4. The van der Waals surface area contributed by atoms with E-state index in [2.05, 4.69) is 5.10 Å². The van der Waals surface area contributed by atoms with Gasteiger partial charge in [0.1, 0.15) is 18.1 Å². The number of amides is 2. The molecule has 2 amide bonds. The van der Waals surface area contributed by atoms with Gasteiger partial charge in [-0.2, -0.15) is 5.10 Å². The van der Waals surface area contributed by atoms with E-state index < -0.39 is 0 Å². The van der Waals surface area contributed by atoms with Crippen LogP contribution in [0.4, 0.5) is 5.82 Å². The number of aryl methyl sites for hydroxylation is 1. The molecule has 2 aliphatic heterocycles. The molecule has 9 nitrogen and oxygen atoms in total. The number of carbonyl (C=O) groups is 2. The third kappa shape index (κ3) is 4.06. The van der Waals surface area contributed by atoms with E-state index in [0.29, 0.717) is 24.7 Å². The number of anilines is 1. The second kappa shape index (κ2) is 8.65.